The highest BCUT2D eigenvalue weighted by Gasteiger charge is 2.39. The Bertz CT molecular complexity index is 187. The average molecular weight is 241 g/mol. The predicted molar refractivity (Wildman–Crippen MR) is 74.2 cm³/mol. The molecule has 1 aliphatic carbocycles. The van der Waals surface area contributed by atoms with Crippen LogP contribution in [0.2, 0.25) is 0 Å². The molecule has 2 nitrogen and oxygen atoms in total. The van der Waals surface area contributed by atoms with Gasteiger partial charge in [-0.2, -0.15) is 0 Å². The van der Waals surface area contributed by atoms with Crippen molar-refractivity contribution in [2.75, 3.05) is 6.61 Å². The third-order valence-electron chi connectivity index (χ3n) is 4.18. The number of hydrogen-bond acceptors (Lipinski definition) is 2. The molecule has 1 atom stereocenters. The Morgan fingerprint density at radius 1 is 1.06 bits per heavy atom. The molecule has 1 fully saturated rings. The van der Waals surface area contributed by atoms with Crippen LogP contribution in [0.5, 0.6) is 0 Å². The molecule has 0 aliphatic heterocycles. The summed E-state index contributed by atoms with van der Waals surface area (Å²) < 4.78 is 6.01. The summed E-state index contributed by atoms with van der Waals surface area (Å²) in [7, 11) is 0. The first-order chi connectivity index (χ1) is 8.25. The van der Waals surface area contributed by atoms with Gasteiger partial charge in [0.1, 0.15) is 0 Å². The molecule has 0 saturated heterocycles. The summed E-state index contributed by atoms with van der Waals surface area (Å²) in [5, 5.41) is 0. The Hall–Kier alpha value is -0.0800. The van der Waals surface area contributed by atoms with Gasteiger partial charge in [-0.15, -0.1) is 0 Å². The predicted octanol–water partition coefficient (Wildman–Crippen LogP) is 4.02. The van der Waals surface area contributed by atoms with Gasteiger partial charge in [-0.3, -0.25) is 0 Å². The zero-order valence-electron chi connectivity index (χ0n) is 11.8. The quantitative estimate of drug-likeness (QED) is 0.619. The fourth-order valence-electron chi connectivity index (χ4n) is 3.11. The Labute approximate surface area is 107 Å². The molecule has 1 rings (SSSR count). The Morgan fingerprint density at radius 3 is 2.29 bits per heavy atom. The van der Waals surface area contributed by atoms with Crippen LogP contribution in [-0.4, -0.2) is 18.2 Å². The van der Waals surface area contributed by atoms with E-state index in [-0.39, 0.29) is 11.6 Å². The maximum Gasteiger partial charge on any atom is 0.0832 e. The molecule has 0 radical (unpaired) electrons. The van der Waals surface area contributed by atoms with E-state index in [1.807, 2.05) is 0 Å². The SMILES string of the molecule is CCCCCCCC(N)C1(OCC)CCCC1. The first kappa shape index (κ1) is 15.0. The summed E-state index contributed by atoms with van der Waals surface area (Å²) in [4.78, 5) is 0. The largest absolute Gasteiger partial charge is 0.374 e. The fraction of sp³-hybridized carbons (Fsp3) is 1.00. The Morgan fingerprint density at radius 2 is 1.71 bits per heavy atom. The minimum atomic E-state index is 0.0273. The lowest BCUT2D eigenvalue weighted by molar-refractivity contribution is -0.0546. The van der Waals surface area contributed by atoms with Crippen LogP contribution in [0.4, 0.5) is 0 Å². The van der Waals surface area contributed by atoms with Crippen molar-refractivity contribution in [3.63, 3.8) is 0 Å². The summed E-state index contributed by atoms with van der Waals surface area (Å²) >= 11 is 0. The van der Waals surface area contributed by atoms with Crippen LogP contribution in [0, 0.1) is 0 Å². The minimum Gasteiger partial charge on any atom is -0.374 e. The average Bonchev–Trinajstić information content (AvgIpc) is 2.79. The molecule has 1 unspecified atom stereocenters. The van der Waals surface area contributed by atoms with Gasteiger partial charge in [-0.1, -0.05) is 51.9 Å². The second-order valence-electron chi connectivity index (χ2n) is 5.51. The zero-order chi connectivity index (χ0) is 12.6. The molecule has 1 saturated carbocycles. The molecule has 0 bridgehead atoms. The highest BCUT2D eigenvalue weighted by Crippen LogP contribution is 2.37. The molecular weight excluding hydrogens is 210 g/mol. The molecule has 0 heterocycles. The summed E-state index contributed by atoms with van der Waals surface area (Å²) in [5.41, 5.74) is 6.42. The van der Waals surface area contributed by atoms with Crippen LogP contribution >= 0.6 is 0 Å². The number of nitrogens with two attached hydrogens (primary N) is 1. The lowest BCUT2D eigenvalue weighted by atomic mass is 9.88. The Balaban J connectivity index is 2.25. The first-order valence-electron chi connectivity index (χ1n) is 7.64. The van der Waals surface area contributed by atoms with E-state index in [4.69, 9.17) is 10.5 Å². The van der Waals surface area contributed by atoms with Crippen molar-refractivity contribution in [2.45, 2.75) is 89.7 Å². The van der Waals surface area contributed by atoms with Crippen molar-refractivity contribution in [2.24, 2.45) is 5.73 Å². The van der Waals surface area contributed by atoms with Crippen molar-refractivity contribution in [3.05, 3.63) is 0 Å². The van der Waals surface area contributed by atoms with E-state index < -0.39 is 0 Å². The normalized spacial score (nSPS) is 20.6. The van der Waals surface area contributed by atoms with E-state index in [0.717, 1.165) is 13.0 Å². The second-order valence-corrected chi connectivity index (χ2v) is 5.51. The molecule has 0 amide bonds. The topological polar surface area (TPSA) is 35.2 Å². The van der Waals surface area contributed by atoms with Gasteiger partial charge < -0.3 is 10.5 Å². The first-order valence-corrected chi connectivity index (χ1v) is 7.64. The highest BCUT2D eigenvalue weighted by atomic mass is 16.5. The molecule has 0 aromatic carbocycles. The summed E-state index contributed by atoms with van der Waals surface area (Å²) in [6.07, 6.45) is 12.7. The second kappa shape index (κ2) is 8.10. The lowest BCUT2D eigenvalue weighted by Crippen LogP contribution is -2.48. The van der Waals surface area contributed by atoms with Crippen LogP contribution in [-0.2, 0) is 4.74 Å². The van der Waals surface area contributed by atoms with Crippen LogP contribution in [0.25, 0.3) is 0 Å². The van der Waals surface area contributed by atoms with Gasteiger partial charge in [0.2, 0.25) is 0 Å². The molecule has 0 spiro atoms. The van der Waals surface area contributed by atoms with E-state index in [1.165, 1.54) is 57.8 Å². The summed E-state index contributed by atoms with van der Waals surface area (Å²) in [5.74, 6) is 0. The maximum absolute atomic E-state index is 6.39. The van der Waals surface area contributed by atoms with Crippen molar-refractivity contribution >= 4 is 0 Å². The van der Waals surface area contributed by atoms with Crippen LogP contribution in [0.3, 0.4) is 0 Å². The number of hydrogen-bond donors (Lipinski definition) is 1. The minimum absolute atomic E-state index is 0.0273. The molecule has 17 heavy (non-hydrogen) atoms. The number of ether oxygens (including phenoxy) is 1. The van der Waals surface area contributed by atoms with Crippen molar-refractivity contribution in [3.8, 4) is 0 Å². The molecule has 102 valence electrons. The highest BCUT2D eigenvalue weighted by molar-refractivity contribution is 4.95. The third kappa shape index (κ3) is 4.59. The molecular formula is C15H31NO. The van der Waals surface area contributed by atoms with Gasteiger partial charge in [-0.05, 0) is 26.2 Å². The molecule has 2 heteroatoms. The van der Waals surface area contributed by atoms with E-state index >= 15 is 0 Å². The summed E-state index contributed by atoms with van der Waals surface area (Å²) in [6.45, 7) is 5.16. The van der Waals surface area contributed by atoms with E-state index in [9.17, 15) is 0 Å². The van der Waals surface area contributed by atoms with Crippen molar-refractivity contribution in [1.29, 1.82) is 0 Å². The lowest BCUT2D eigenvalue weighted by Gasteiger charge is -2.35. The maximum atomic E-state index is 6.39. The van der Waals surface area contributed by atoms with Gasteiger partial charge >= 0.3 is 0 Å². The van der Waals surface area contributed by atoms with Gasteiger partial charge in [-0.25, -0.2) is 0 Å². The van der Waals surface area contributed by atoms with E-state index in [2.05, 4.69) is 13.8 Å². The van der Waals surface area contributed by atoms with Crippen molar-refractivity contribution in [1.82, 2.24) is 0 Å². The third-order valence-corrected chi connectivity index (χ3v) is 4.18. The molecule has 0 aromatic heterocycles. The van der Waals surface area contributed by atoms with Crippen LogP contribution in [0.1, 0.15) is 78.1 Å². The van der Waals surface area contributed by atoms with Gasteiger partial charge in [0.25, 0.3) is 0 Å². The Kier molecular flexibility index (Phi) is 7.14. The molecule has 0 aromatic rings. The van der Waals surface area contributed by atoms with E-state index in [1.54, 1.807) is 0 Å². The van der Waals surface area contributed by atoms with Gasteiger partial charge in [0.05, 0.1) is 5.60 Å². The fourth-order valence-corrected chi connectivity index (χ4v) is 3.11. The van der Waals surface area contributed by atoms with Crippen molar-refractivity contribution < 1.29 is 4.74 Å². The standard InChI is InChI=1S/C15H31NO/c1-3-5-6-7-8-11-14(16)15(17-4-2)12-9-10-13-15/h14H,3-13,16H2,1-2H3. The molecule has 2 N–H and O–H groups in total. The van der Waals surface area contributed by atoms with Crippen LogP contribution in [0.15, 0.2) is 0 Å². The van der Waals surface area contributed by atoms with Crippen LogP contribution < -0.4 is 5.73 Å². The molecule has 1 aliphatic rings. The van der Waals surface area contributed by atoms with Gasteiger partial charge in [0, 0.05) is 12.6 Å². The smallest absolute Gasteiger partial charge is 0.0832 e. The number of rotatable bonds is 9. The van der Waals surface area contributed by atoms with Gasteiger partial charge in [0.15, 0.2) is 0 Å². The zero-order valence-corrected chi connectivity index (χ0v) is 11.8. The monoisotopic (exact) mass is 241 g/mol. The van der Waals surface area contributed by atoms with E-state index in [0.29, 0.717) is 0 Å². The number of unbranched alkanes of at least 4 members (excludes halogenated alkanes) is 4. The summed E-state index contributed by atoms with van der Waals surface area (Å²) in [6, 6.07) is 0.256.